The quantitative estimate of drug-likeness (QED) is 0.481. The van der Waals surface area contributed by atoms with E-state index in [-0.39, 0.29) is 32.2 Å². The van der Waals surface area contributed by atoms with Gasteiger partial charge in [0.25, 0.3) is 5.91 Å². The summed E-state index contributed by atoms with van der Waals surface area (Å²) in [5, 5.41) is 14.6. The summed E-state index contributed by atoms with van der Waals surface area (Å²) >= 11 is 0. The van der Waals surface area contributed by atoms with Gasteiger partial charge in [-0.05, 0) is 32.4 Å². The Morgan fingerprint density at radius 3 is 2.75 bits per heavy atom. The zero-order valence-electron chi connectivity index (χ0n) is 18.3. The highest BCUT2D eigenvalue weighted by molar-refractivity contribution is 6.11. The average Bonchev–Trinajstić information content (AvgIpc) is 3.10. The van der Waals surface area contributed by atoms with Crippen LogP contribution in [0.5, 0.6) is 0 Å². The molecule has 1 aliphatic heterocycles. The molecular formula is C22H26N4O6. The third-order valence-electron chi connectivity index (χ3n) is 5.28. The maximum atomic E-state index is 12.5. The Bertz CT molecular complexity index is 1190. The Labute approximate surface area is 184 Å². The van der Waals surface area contributed by atoms with Crippen molar-refractivity contribution in [3.63, 3.8) is 0 Å². The minimum Gasteiger partial charge on any atom is -0.464 e. The van der Waals surface area contributed by atoms with Crippen LogP contribution in [0, 0.1) is 0 Å². The first-order valence-corrected chi connectivity index (χ1v) is 10.5. The molecule has 2 N–H and O–H groups in total. The first-order valence-electron chi connectivity index (χ1n) is 10.5. The molecule has 1 atom stereocenters. The Morgan fingerprint density at radius 1 is 1.19 bits per heavy atom. The van der Waals surface area contributed by atoms with Crippen molar-refractivity contribution in [1.82, 2.24) is 14.5 Å². The minimum absolute atomic E-state index is 0.245. The van der Waals surface area contributed by atoms with Gasteiger partial charge in [-0.15, -0.1) is 0 Å². The number of nitrogens with one attached hydrogen (secondary N) is 1. The lowest BCUT2D eigenvalue weighted by atomic mass is 9.89. The normalized spacial score (nSPS) is 17.2. The largest absolute Gasteiger partial charge is 0.464 e. The van der Waals surface area contributed by atoms with Gasteiger partial charge >= 0.3 is 5.97 Å². The lowest BCUT2D eigenvalue weighted by Crippen LogP contribution is -2.32. The van der Waals surface area contributed by atoms with Gasteiger partial charge in [0.15, 0.2) is 5.82 Å². The maximum Gasteiger partial charge on any atom is 0.332 e. The molecule has 0 aliphatic carbocycles. The van der Waals surface area contributed by atoms with Crippen LogP contribution in [-0.2, 0) is 42.6 Å². The average molecular weight is 442 g/mol. The molecule has 2 aromatic heterocycles. The minimum atomic E-state index is -1.10. The third kappa shape index (κ3) is 4.04. The summed E-state index contributed by atoms with van der Waals surface area (Å²) < 4.78 is 17.4. The summed E-state index contributed by atoms with van der Waals surface area (Å²) in [5.41, 5.74) is 1.58. The van der Waals surface area contributed by atoms with Crippen LogP contribution < -0.4 is 5.32 Å². The Morgan fingerprint density at radius 2 is 2.00 bits per heavy atom. The number of aliphatic hydroxyl groups is 1. The van der Waals surface area contributed by atoms with Gasteiger partial charge in [-0.1, -0.05) is 12.1 Å². The summed E-state index contributed by atoms with van der Waals surface area (Å²) in [4.78, 5) is 33.1. The number of carbonyl (C=O) groups is 2. The number of ether oxygens (including phenoxy) is 3. The summed E-state index contributed by atoms with van der Waals surface area (Å²) in [6.45, 7) is 6.04. The molecule has 1 aromatic carbocycles. The molecule has 0 radical (unpaired) electrons. The standard InChI is InChI=1S/C22H26N4O6/c1-4-30-9-15-24-19-20-18-13(22(3,29)12-26(15)20)7-6-8-14(18)23-21(19)25-16(27)10-31-11-17(28)32-5-2/h6-8,29H,4-5,9-12H2,1-3H3,(H,23,25,27). The number of pyridine rings is 1. The van der Waals surface area contributed by atoms with E-state index in [0.29, 0.717) is 30.0 Å². The van der Waals surface area contributed by atoms with Crippen LogP contribution in [-0.4, -0.2) is 57.9 Å². The number of hydrogen-bond acceptors (Lipinski definition) is 8. The summed E-state index contributed by atoms with van der Waals surface area (Å²) in [6, 6.07) is 5.53. The lowest BCUT2D eigenvalue weighted by molar-refractivity contribution is -0.149. The molecule has 0 saturated heterocycles. The number of anilines is 1. The number of rotatable bonds is 9. The fourth-order valence-electron chi connectivity index (χ4n) is 3.97. The van der Waals surface area contributed by atoms with E-state index in [2.05, 4.69) is 10.3 Å². The van der Waals surface area contributed by atoms with Gasteiger partial charge in [-0.3, -0.25) is 4.79 Å². The monoisotopic (exact) mass is 442 g/mol. The molecule has 0 fully saturated rings. The van der Waals surface area contributed by atoms with E-state index < -0.39 is 17.5 Å². The van der Waals surface area contributed by atoms with Crippen LogP contribution in [0.15, 0.2) is 18.2 Å². The van der Waals surface area contributed by atoms with Crippen molar-refractivity contribution >= 4 is 39.6 Å². The van der Waals surface area contributed by atoms with Gasteiger partial charge in [0, 0.05) is 12.0 Å². The molecule has 10 heteroatoms. The number of nitrogens with zero attached hydrogens (tertiary/aromatic N) is 3. The van der Waals surface area contributed by atoms with Gasteiger partial charge in [0.05, 0.1) is 24.2 Å². The molecule has 10 nitrogen and oxygen atoms in total. The molecule has 4 rings (SSSR count). The maximum absolute atomic E-state index is 12.5. The van der Waals surface area contributed by atoms with E-state index in [4.69, 9.17) is 19.2 Å². The van der Waals surface area contributed by atoms with E-state index in [1.807, 2.05) is 29.7 Å². The number of aromatic nitrogens is 3. The highest BCUT2D eigenvalue weighted by Crippen LogP contribution is 2.41. The van der Waals surface area contributed by atoms with E-state index in [9.17, 15) is 14.7 Å². The molecular weight excluding hydrogens is 416 g/mol. The Hall–Kier alpha value is -3.08. The third-order valence-corrected chi connectivity index (χ3v) is 5.28. The van der Waals surface area contributed by atoms with Crippen molar-refractivity contribution in [1.29, 1.82) is 0 Å². The molecule has 170 valence electrons. The van der Waals surface area contributed by atoms with E-state index in [0.717, 1.165) is 16.5 Å². The Balaban J connectivity index is 1.71. The predicted molar refractivity (Wildman–Crippen MR) is 116 cm³/mol. The van der Waals surface area contributed by atoms with Crippen LogP contribution in [0.1, 0.15) is 32.2 Å². The highest BCUT2D eigenvalue weighted by Gasteiger charge is 2.35. The van der Waals surface area contributed by atoms with Crippen LogP contribution in [0.2, 0.25) is 0 Å². The molecule has 0 spiro atoms. The van der Waals surface area contributed by atoms with E-state index in [1.165, 1.54) is 0 Å². The molecule has 3 aromatic rings. The lowest BCUT2D eigenvalue weighted by Gasteiger charge is -2.31. The number of imidazole rings is 1. The zero-order chi connectivity index (χ0) is 22.9. The fourth-order valence-corrected chi connectivity index (χ4v) is 3.97. The number of carbonyl (C=O) groups excluding carboxylic acids is 2. The molecule has 3 heterocycles. The summed E-state index contributed by atoms with van der Waals surface area (Å²) in [6.07, 6.45) is 0. The van der Waals surface area contributed by atoms with E-state index in [1.54, 1.807) is 13.8 Å². The number of hydrogen-bond donors (Lipinski definition) is 2. The fraction of sp³-hybridized carbons (Fsp3) is 0.455. The second-order valence-corrected chi connectivity index (χ2v) is 7.73. The Kier molecular flexibility index (Phi) is 6.09. The number of esters is 1. The van der Waals surface area contributed by atoms with Crippen LogP contribution in [0.25, 0.3) is 21.9 Å². The molecule has 32 heavy (non-hydrogen) atoms. The van der Waals surface area contributed by atoms with Gasteiger partial charge in [0.1, 0.15) is 36.8 Å². The second-order valence-electron chi connectivity index (χ2n) is 7.73. The van der Waals surface area contributed by atoms with Gasteiger partial charge in [-0.2, -0.15) is 0 Å². The topological polar surface area (TPSA) is 125 Å². The van der Waals surface area contributed by atoms with Crippen LogP contribution in [0.3, 0.4) is 0 Å². The molecule has 0 saturated carbocycles. The van der Waals surface area contributed by atoms with Crippen molar-refractivity contribution < 1.29 is 28.9 Å². The zero-order valence-corrected chi connectivity index (χ0v) is 18.3. The van der Waals surface area contributed by atoms with Gasteiger partial charge in [0.2, 0.25) is 0 Å². The van der Waals surface area contributed by atoms with Crippen LogP contribution >= 0.6 is 0 Å². The SMILES string of the molecule is CCOCc1nc2c(NC(=O)COCC(=O)OCC)nc3cccc4c3c2n1CC4(C)O. The van der Waals surface area contributed by atoms with Gasteiger partial charge < -0.3 is 29.2 Å². The second kappa shape index (κ2) is 8.81. The molecule has 1 aliphatic rings. The molecule has 1 unspecified atom stereocenters. The number of amides is 1. The van der Waals surface area contributed by atoms with Crippen molar-refractivity contribution in [2.45, 2.75) is 39.5 Å². The first-order chi connectivity index (χ1) is 15.4. The highest BCUT2D eigenvalue weighted by atomic mass is 16.6. The number of benzene rings is 1. The summed E-state index contributed by atoms with van der Waals surface area (Å²) in [7, 11) is 0. The predicted octanol–water partition coefficient (Wildman–Crippen LogP) is 1.86. The first kappa shape index (κ1) is 22.1. The molecule has 0 bridgehead atoms. The van der Waals surface area contributed by atoms with E-state index >= 15 is 0 Å². The van der Waals surface area contributed by atoms with Crippen LogP contribution in [0.4, 0.5) is 5.82 Å². The molecule has 1 amide bonds. The van der Waals surface area contributed by atoms with Crippen molar-refractivity contribution in [3.8, 4) is 0 Å². The van der Waals surface area contributed by atoms with Gasteiger partial charge in [-0.25, -0.2) is 14.8 Å². The van der Waals surface area contributed by atoms with Crippen molar-refractivity contribution in [2.75, 3.05) is 31.7 Å². The summed E-state index contributed by atoms with van der Waals surface area (Å²) in [5.74, 6) is -0.0801. The van der Waals surface area contributed by atoms with Crippen molar-refractivity contribution in [3.05, 3.63) is 29.6 Å². The van der Waals surface area contributed by atoms with Crippen molar-refractivity contribution in [2.24, 2.45) is 0 Å². The smallest absolute Gasteiger partial charge is 0.332 e.